The van der Waals surface area contributed by atoms with Gasteiger partial charge in [0.15, 0.2) is 0 Å². The minimum atomic E-state index is -0.0737. The molecule has 0 saturated heterocycles. The molecule has 4 heteroatoms. The van der Waals surface area contributed by atoms with Gasteiger partial charge < -0.3 is 9.73 Å². The van der Waals surface area contributed by atoms with E-state index < -0.39 is 0 Å². The van der Waals surface area contributed by atoms with Gasteiger partial charge in [-0.2, -0.15) is 11.8 Å². The number of hydrogen-bond acceptors (Lipinski definition) is 3. The normalized spacial score (nSPS) is 12.8. The molecule has 17 heavy (non-hydrogen) atoms. The molecule has 1 atom stereocenters. The molecule has 0 fully saturated rings. The highest BCUT2D eigenvalue weighted by molar-refractivity contribution is 7.99. The molecule has 0 bridgehead atoms. The Bertz CT molecular complexity index is 346. The van der Waals surface area contributed by atoms with Gasteiger partial charge in [-0.25, -0.2) is 0 Å². The molecule has 0 aliphatic rings. The summed E-state index contributed by atoms with van der Waals surface area (Å²) in [5, 5.41) is 2.92. The molecule has 0 aliphatic heterocycles. The van der Waals surface area contributed by atoms with Crippen molar-refractivity contribution in [1.82, 2.24) is 5.32 Å². The first-order chi connectivity index (χ1) is 8.22. The van der Waals surface area contributed by atoms with Crippen LogP contribution in [0, 0.1) is 0 Å². The Labute approximate surface area is 107 Å². The van der Waals surface area contributed by atoms with Gasteiger partial charge in [-0.1, -0.05) is 6.92 Å². The van der Waals surface area contributed by atoms with Gasteiger partial charge >= 0.3 is 0 Å². The average Bonchev–Trinajstić information content (AvgIpc) is 2.79. The van der Waals surface area contributed by atoms with Crippen molar-refractivity contribution in [1.29, 1.82) is 0 Å². The summed E-state index contributed by atoms with van der Waals surface area (Å²) >= 11 is 1.89. The lowest BCUT2D eigenvalue weighted by atomic mass is 10.2. The second-order valence-corrected chi connectivity index (χ2v) is 5.14. The van der Waals surface area contributed by atoms with E-state index in [9.17, 15) is 4.79 Å². The van der Waals surface area contributed by atoms with Crippen LogP contribution in [0.15, 0.2) is 28.9 Å². The zero-order chi connectivity index (χ0) is 12.5. The predicted octanol–water partition coefficient (Wildman–Crippen LogP) is 2.94. The lowest BCUT2D eigenvalue weighted by molar-refractivity contribution is -0.117. The van der Waals surface area contributed by atoms with Crippen LogP contribution in [0.25, 0.3) is 6.08 Å². The average molecular weight is 253 g/mol. The Kier molecular flexibility index (Phi) is 6.55. The van der Waals surface area contributed by atoms with Crippen LogP contribution in [-0.2, 0) is 4.79 Å². The van der Waals surface area contributed by atoms with Crippen molar-refractivity contribution in [3.05, 3.63) is 30.2 Å². The van der Waals surface area contributed by atoms with E-state index in [1.807, 2.05) is 24.8 Å². The van der Waals surface area contributed by atoms with E-state index in [1.54, 1.807) is 18.4 Å². The summed E-state index contributed by atoms with van der Waals surface area (Å²) in [7, 11) is 0. The SMILES string of the molecule is CCSCC[C@@H](C)NC(=O)/C=C/c1ccco1. The molecule has 0 radical (unpaired) electrons. The van der Waals surface area contributed by atoms with Crippen molar-refractivity contribution < 1.29 is 9.21 Å². The molecule has 0 spiro atoms. The van der Waals surface area contributed by atoms with Crippen LogP contribution >= 0.6 is 11.8 Å². The Balaban J connectivity index is 2.24. The number of hydrogen-bond donors (Lipinski definition) is 1. The van der Waals surface area contributed by atoms with Gasteiger partial charge in [-0.05, 0) is 43.1 Å². The van der Waals surface area contributed by atoms with Crippen molar-refractivity contribution in [2.75, 3.05) is 11.5 Å². The maximum Gasteiger partial charge on any atom is 0.244 e. The minimum Gasteiger partial charge on any atom is -0.465 e. The van der Waals surface area contributed by atoms with Gasteiger partial charge in [-0.15, -0.1) is 0 Å². The molecule has 0 aromatic carbocycles. The Morgan fingerprint density at radius 1 is 1.65 bits per heavy atom. The Morgan fingerprint density at radius 2 is 2.47 bits per heavy atom. The highest BCUT2D eigenvalue weighted by atomic mass is 32.2. The van der Waals surface area contributed by atoms with Crippen molar-refractivity contribution >= 4 is 23.7 Å². The molecule has 1 amide bonds. The van der Waals surface area contributed by atoms with Crippen LogP contribution in [0.2, 0.25) is 0 Å². The fraction of sp³-hybridized carbons (Fsp3) is 0.462. The first kappa shape index (κ1) is 13.9. The molecule has 1 aromatic rings. The van der Waals surface area contributed by atoms with Crippen LogP contribution in [0.4, 0.5) is 0 Å². The summed E-state index contributed by atoms with van der Waals surface area (Å²) in [5.74, 6) is 2.82. The van der Waals surface area contributed by atoms with Crippen LogP contribution in [0.5, 0.6) is 0 Å². The maximum atomic E-state index is 11.5. The van der Waals surface area contributed by atoms with Crippen molar-refractivity contribution in [2.45, 2.75) is 26.3 Å². The molecule has 1 aromatic heterocycles. The molecule has 0 aliphatic carbocycles. The minimum absolute atomic E-state index is 0.0737. The number of carbonyl (C=O) groups excluding carboxylic acids is 1. The summed E-state index contributed by atoms with van der Waals surface area (Å²) < 4.78 is 5.10. The zero-order valence-electron chi connectivity index (χ0n) is 10.3. The number of amides is 1. The summed E-state index contributed by atoms with van der Waals surface area (Å²) in [6.07, 6.45) is 5.76. The third-order valence-electron chi connectivity index (χ3n) is 2.23. The van der Waals surface area contributed by atoms with E-state index in [0.29, 0.717) is 5.76 Å². The van der Waals surface area contributed by atoms with E-state index in [-0.39, 0.29) is 11.9 Å². The summed E-state index contributed by atoms with van der Waals surface area (Å²) in [5.41, 5.74) is 0. The first-order valence-corrected chi connectivity index (χ1v) is 6.97. The Morgan fingerprint density at radius 3 is 3.12 bits per heavy atom. The maximum absolute atomic E-state index is 11.5. The van der Waals surface area contributed by atoms with Gasteiger partial charge in [0.2, 0.25) is 5.91 Å². The van der Waals surface area contributed by atoms with E-state index >= 15 is 0 Å². The van der Waals surface area contributed by atoms with Crippen LogP contribution < -0.4 is 5.32 Å². The highest BCUT2D eigenvalue weighted by Gasteiger charge is 2.04. The quantitative estimate of drug-likeness (QED) is 0.600. The number of thioether (sulfide) groups is 1. The molecular formula is C13H19NO2S. The molecule has 0 saturated carbocycles. The molecule has 94 valence electrons. The van der Waals surface area contributed by atoms with Gasteiger partial charge in [-0.3, -0.25) is 4.79 Å². The van der Waals surface area contributed by atoms with Crippen molar-refractivity contribution in [3.63, 3.8) is 0 Å². The second-order valence-electron chi connectivity index (χ2n) is 3.74. The van der Waals surface area contributed by atoms with E-state index in [1.165, 1.54) is 6.08 Å². The van der Waals surface area contributed by atoms with Crippen LogP contribution in [0.3, 0.4) is 0 Å². The van der Waals surface area contributed by atoms with Crippen LogP contribution in [-0.4, -0.2) is 23.5 Å². The van der Waals surface area contributed by atoms with Gasteiger partial charge in [0.1, 0.15) is 5.76 Å². The second kappa shape index (κ2) is 8.01. The Hall–Kier alpha value is -1.16. The third kappa shape index (κ3) is 6.22. The first-order valence-electron chi connectivity index (χ1n) is 5.82. The van der Waals surface area contributed by atoms with E-state index in [0.717, 1.165) is 17.9 Å². The van der Waals surface area contributed by atoms with Gasteiger partial charge in [0.05, 0.1) is 6.26 Å². The fourth-order valence-corrected chi connectivity index (χ4v) is 2.12. The zero-order valence-corrected chi connectivity index (χ0v) is 11.1. The standard InChI is InChI=1S/C13H19NO2S/c1-3-17-10-8-11(2)14-13(15)7-6-12-5-4-9-16-12/h4-7,9,11H,3,8,10H2,1-2H3,(H,14,15)/b7-6+/t11-/m1/s1. The largest absolute Gasteiger partial charge is 0.465 e. The highest BCUT2D eigenvalue weighted by Crippen LogP contribution is 2.04. The van der Waals surface area contributed by atoms with Crippen molar-refractivity contribution in [3.8, 4) is 0 Å². The van der Waals surface area contributed by atoms with Gasteiger partial charge in [0.25, 0.3) is 0 Å². The topological polar surface area (TPSA) is 42.2 Å². The monoisotopic (exact) mass is 253 g/mol. The smallest absolute Gasteiger partial charge is 0.244 e. The summed E-state index contributed by atoms with van der Waals surface area (Å²) in [6.45, 7) is 4.16. The third-order valence-corrected chi connectivity index (χ3v) is 3.16. The van der Waals surface area contributed by atoms with E-state index in [4.69, 9.17) is 4.42 Å². The van der Waals surface area contributed by atoms with E-state index in [2.05, 4.69) is 12.2 Å². The summed E-state index contributed by atoms with van der Waals surface area (Å²) in [6, 6.07) is 3.82. The molecule has 3 nitrogen and oxygen atoms in total. The lowest BCUT2D eigenvalue weighted by Gasteiger charge is -2.11. The van der Waals surface area contributed by atoms with Gasteiger partial charge in [0, 0.05) is 12.1 Å². The lowest BCUT2D eigenvalue weighted by Crippen LogP contribution is -2.31. The van der Waals surface area contributed by atoms with Crippen molar-refractivity contribution in [2.24, 2.45) is 0 Å². The fourth-order valence-electron chi connectivity index (χ4n) is 1.31. The number of furan rings is 1. The molecule has 0 unspecified atom stereocenters. The molecular weight excluding hydrogens is 234 g/mol. The van der Waals surface area contributed by atoms with Crippen LogP contribution in [0.1, 0.15) is 26.0 Å². The number of carbonyl (C=O) groups is 1. The molecule has 1 N–H and O–H groups in total. The number of rotatable bonds is 7. The molecule has 1 heterocycles. The summed E-state index contributed by atoms with van der Waals surface area (Å²) in [4.78, 5) is 11.5. The number of nitrogens with one attached hydrogen (secondary N) is 1. The predicted molar refractivity (Wildman–Crippen MR) is 73.0 cm³/mol. The molecule has 1 rings (SSSR count).